The van der Waals surface area contributed by atoms with Crippen molar-refractivity contribution in [1.29, 1.82) is 0 Å². The first-order valence-electron chi connectivity index (χ1n) is 5.88. The van der Waals surface area contributed by atoms with E-state index >= 15 is 0 Å². The van der Waals surface area contributed by atoms with Gasteiger partial charge in [0.15, 0.2) is 0 Å². The van der Waals surface area contributed by atoms with Crippen LogP contribution in [-0.4, -0.2) is 22.5 Å². The Morgan fingerprint density at radius 2 is 2.00 bits per heavy atom. The van der Waals surface area contributed by atoms with Crippen molar-refractivity contribution in [2.45, 2.75) is 13.8 Å². The topological polar surface area (TPSA) is 52.1 Å². The summed E-state index contributed by atoms with van der Waals surface area (Å²) in [5.74, 6) is -0.290. The molecule has 0 aliphatic heterocycles. The van der Waals surface area contributed by atoms with E-state index in [9.17, 15) is 9.18 Å². The Hall–Kier alpha value is -2.30. The molecule has 0 radical (unpaired) electrons. The quantitative estimate of drug-likeness (QED) is 0.796. The molecule has 19 heavy (non-hydrogen) atoms. The summed E-state index contributed by atoms with van der Waals surface area (Å²) in [6.07, 6.45) is 1.43. The number of halogens is 1. The van der Waals surface area contributed by atoms with Crippen LogP contribution >= 0.6 is 0 Å². The number of aromatic nitrogens is 2. The number of hydrogen-bond acceptors (Lipinski definition) is 4. The van der Waals surface area contributed by atoms with Crippen molar-refractivity contribution in [2.24, 2.45) is 0 Å². The van der Waals surface area contributed by atoms with Gasteiger partial charge in [0, 0.05) is 11.8 Å². The number of hydrogen-bond donors (Lipinski definition) is 0. The van der Waals surface area contributed by atoms with E-state index in [1.807, 2.05) is 0 Å². The van der Waals surface area contributed by atoms with Crippen LogP contribution in [-0.2, 0) is 4.74 Å². The molecule has 5 heteroatoms. The van der Waals surface area contributed by atoms with Crippen LogP contribution in [0, 0.1) is 12.7 Å². The van der Waals surface area contributed by atoms with Crippen LogP contribution in [0.5, 0.6) is 0 Å². The molecular formula is C14H13FN2O2. The SMILES string of the molecule is CCOC(=O)c1cnc(C)nc1-c1ccc(F)cc1. The van der Waals surface area contributed by atoms with Crippen LogP contribution in [0.2, 0.25) is 0 Å². The molecule has 0 saturated carbocycles. The van der Waals surface area contributed by atoms with Gasteiger partial charge in [-0.05, 0) is 38.1 Å². The average Bonchev–Trinajstić information content (AvgIpc) is 2.39. The zero-order chi connectivity index (χ0) is 13.8. The van der Waals surface area contributed by atoms with Crippen LogP contribution in [0.4, 0.5) is 4.39 Å². The molecule has 0 fully saturated rings. The van der Waals surface area contributed by atoms with Gasteiger partial charge in [-0.25, -0.2) is 19.2 Å². The van der Waals surface area contributed by atoms with Gasteiger partial charge in [0.2, 0.25) is 0 Å². The molecule has 1 heterocycles. The summed E-state index contributed by atoms with van der Waals surface area (Å²) >= 11 is 0. The van der Waals surface area contributed by atoms with Crippen LogP contribution < -0.4 is 0 Å². The van der Waals surface area contributed by atoms with Crippen LogP contribution in [0.1, 0.15) is 23.1 Å². The summed E-state index contributed by atoms with van der Waals surface area (Å²) in [5.41, 5.74) is 1.37. The minimum Gasteiger partial charge on any atom is -0.462 e. The molecule has 0 unspecified atom stereocenters. The average molecular weight is 260 g/mol. The lowest BCUT2D eigenvalue weighted by Gasteiger charge is -2.08. The maximum Gasteiger partial charge on any atom is 0.341 e. The number of benzene rings is 1. The lowest BCUT2D eigenvalue weighted by atomic mass is 10.1. The largest absolute Gasteiger partial charge is 0.462 e. The standard InChI is InChI=1S/C14H13FN2O2/c1-3-19-14(18)12-8-16-9(2)17-13(12)10-4-6-11(15)7-5-10/h4-8H,3H2,1-2H3. The van der Waals surface area contributed by atoms with Crippen molar-refractivity contribution >= 4 is 5.97 Å². The first-order valence-corrected chi connectivity index (χ1v) is 5.88. The number of carbonyl (C=O) groups is 1. The molecule has 0 spiro atoms. The van der Waals surface area contributed by atoms with Crippen molar-refractivity contribution in [3.05, 3.63) is 47.7 Å². The van der Waals surface area contributed by atoms with E-state index in [1.165, 1.54) is 18.3 Å². The molecule has 1 aromatic carbocycles. The minimum absolute atomic E-state index is 0.273. The second-order valence-corrected chi connectivity index (χ2v) is 3.91. The number of esters is 1. The summed E-state index contributed by atoms with van der Waals surface area (Å²) < 4.78 is 17.9. The van der Waals surface area contributed by atoms with E-state index in [-0.39, 0.29) is 18.0 Å². The Morgan fingerprint density at radius 3 is 2.63 bits per heavy atom. The van der Waals surface area contributed by atoms with Crippen molar-refractivity contribution in [2.75, 3.05) is 6.61 Å². The Morgan fingerprint density at radius 1 is 1.32 bits per heavy atom. The second-order valence-electron chi connectivity index (χ2n) is 3.91. The zero-order valence-electron chi connectivity index (χ0n) is 10.7. The summed E-state index contributed by atoms with van der Waals surface area (Å²) in [7, 11) is 0. The fourth-order valence-corrected chi connectivity index (χ4v) is 1.66. The van der Waals surface area contributed by atoms with Gasteiger partial charge in [0.25, 0.3) is 0 Å². The summed E-state index contributed by atoms with van der Waals surface area (Å²) in [4.78, 5) is 20.1. The van der Waals surface area contributed by atoms with E-state index in [0.29, 0.717) is 17.1 Å². The van der Waals surface area contributed by atoms with E-state index in [1.54, 1.807) is 26.0 Å². The van der Waals surface area contributed by atoms with E-state index in [0.717, 1.165) is 0 Å². The van der Waals surface area contributed by atoms with Gasteiger partial charge >= 0.3 is 5.97 Å². The minimum atomic E-state index is -0.484. The molecule has 0 aliphatic carbocycles. The summed E-state index contributed by atoms with van der Waals surface area (Å²) in [6, 6.07) is 5.78. The molecule has 0 amide bonds. The van der Waals surface area contributed by atoms with E-state index in [2.05, 4.69) is 9.97 Å². The third kappa shape index (κ3) is 2.93. The first-order chi connectivity index (χ1) is 9.11. The number of ether oxygens (including phenoxy) is 1. The molecule has 1 aromatic heterocycles. The van der Waals surface area contributed by atoms with Gasteiger partial charge in [-0.3, -0.25) is 0 Å². The van der Waals surface area contributed by atoms with Crippen LogP contribution in [0.3, 0.4) is 0 Å². The fraction of sp³-hybridized carbons (Fsp3) is 0.214. The number of rotatable bonds is 3. The number of nitrogens with zero attached hydrogens (tertiary/aromatic N) is 2. The van der Waals surface area contributed by atoms with Crippen LogP contribution in [0.15, 0.2) is 30.5 Å². The molecule has 0 atom stereocenters. The van der Waals surface area contributed by atoms with Crippen molar-refractivity contribution < 1.29 is 13.9 Å². The molecule has 4 nitrogen and oxygen atoms in total. The smallest absolute Gasteiger partial charge is 0.341 e. The third-order valence-corrected chi connectivity index (χ3v) is 2.52. The van der Waals surface area contributed by atoms with Gasteiger partial charge in [0.05, 0.1) is 12.3 Å². The lowest BCUT2D eigenvalue weighted by molar-refractivity contribution is 0.0526. The molecule has 0 aliphatic rings. The normalized spacial score (nSPS) is 10.3. The Balaban J connectivity index is 2.51. The highest BCUT2D eigenvalue weighted by atomic mass is 19.1. The molecule has 98 valence electrons. The highest BCUT2D eigenvalue weighted by molar-refractivity contribution is 5.95. The van der Waals surface area contributed by atoms with E-state index in [4.69, 9.17) is 4.74 Å². The predicted molar refractivity (Wildman–Crippen MR) is 68.1 cm³/mol. The Kier molecular flexibility index (Phi) is 3.85. The molecule has 0 bridgehead atoms. The molecule has 2 rings (SSSR count). The maximum atomic E-state index is 12.9. The second kappa shape index (κ2) is 5.56. The zero-order valence-corrected chi connectivity index (χ0v) is 10.7. The first kappa shape index (κ1) is 13.1. The van der Waals surface area contributed by atoms with Gasteiger partial charge in [0.1, 0.15) is 17.2 Å². The fourth-order valence-electron chi connectivity index (χ4n) is 1.66. The van der Waals surface area contributed by atoms with Gasteiger partial charge < -0.3 is 4.74 Å². The Bertz CT molecular complexity index is 597. The predicted octanol–water partition coefficient (Wildman–Crippen LogP) is 2.77. The summed E-state index contributed by atoms with van der Waals surface area (Å²) in [5, 5.41) is 0. The maximum absolute atomic E-state index is 12.9. The van der Waals surface area contributed by atoms with E-state index < -0.39 is 5.97 Å². The van der Waals surface area contributed by atoms with Gasteiger partial charge in [-0.15, -0.1) is 0 Å². The highest BCUT2D eigenvalue weighted by Crippen LogP contribution is 2.22. The Labute approximate surface area is 110 Å². The molecule has 0 saturated heterocycles. The monoisotopic (exact) mass is 260 g/mol. The molecular weight excluding hydrogens is 247 g/mol. The van der Waals surface area contributed by atoms with Crippen molar-refractivity contribution in [3.63, 3.8) is 0 Å². The van der Waals surface area contributed by atoms with Crippen molar-refractivity contribution in [3.8, 4) is 11.3 Å². The summed E-state index contributed by atoms with van der Waals surface area (Å²) in [6.45, 7) is 3.72. The number of aryl methyl sites for hydroxylation is 1. The van der Waals surface area contributed by atoms with Crippen LogP contribution in [0.25, 0.3) is 11.3 Å². The number of carbonyl (C=O) groups excluding carboxylic acids is 1. The molecule has 2 aromatic rings. The van der Waals surface area contributed by atoms with Gasteiger partial charge in [-0.1, -0.05) is 0 Å². The highest BCUT2D eigenvalue weighted by Gasteiger charge is 2.16. The van der Waals surface area contributed by atoms with Gasteiger partial charge in [-0.2, -0.15) is 0 Å². The third-order valence-electron chi connectivity index (χ3n) is 2.52. The lowest BCUT2D eigenvalue weighted by Crippen LogP contribution is -2.09. The molecule has 0 N–H and O–H groups in total. The van der Waals surface area contributed by atoms with Crippen molar-refractivity contribution in [1.82, 2.24) is 9.97 Å².